The van der Waals surface area contributed by atoms with Gasteiger partial charge in [0.2, 0.25) is 5.91 Å². The normalized spacial score (nSPS) is 13.5. The molecule has 0 spiro atoms. The number of phenols is 1. The van der Waals surface area contributed by atoms with Crippen LogP contribution in [0.15, 0.2) is 24.3 Å². The minimum absolute atomic E-state index is 0.00858. The lowest BCUT2D eigenvalue weighted by molar-refractivity contribution is -0.137. The lowest BCUT2D eigenvalue weighted by Gasteiger charge is -2.17. The number of hydrogen-bond donors (Lipinski definition) is 4. The molecule has 0 heterocycles. The standard InChI is InChI=1S/C14H20N2O4/c1-9(2-7-13(18)19)16-14(20)12(15)8-10-3-5-11(17)6-4-10/h3-6,9,12,17H,2,7-8,15H2,1H3,(H,16,20)(H,18,19)/t9?,12-/m1/s1. The van der Waals surface area contributed by atoms with Crippen molar-refractivity contribution in [2.24, 2.45) is 5.73 Å². The van der Waals surface area contributed by atoms with Crippen LogP contribution in [0, 0.1) is 0 Å². The summed E-state index contributed by atoms with van der Waals surface area (Å²) in [7, 11) is 0. The highest BCUT2D eigenvalue weighted by Crippen LogP contribution is 2.11. The average Bonchev–Trinajstić information content (AvgIpc) is 2.39. The zero-order valence-corrected chi connectivity index (χ0v) is 11.4. The zero-order chi connectivity index (χ0) is 15.1. The Balaban J connectivity index is 2.42. The Morgan fingerprint density at radius 2 is 1.90 bits per heavy atom. The first-order valence-electron chi connectivity index (χ1n) is 6.44. The smallest absolute Gasteiger partial charge is 0.303 e. The summed E-state index contributed by atoms with van der Waals surface area (Å²) in [5, 5.41) is 20.4. The van der Waals surface area contributed by atoms with Crippen LogP contribution in [0.25, 0.3) is 0 Å². The van der Waals surface area contributed by atoms with Crippen LogP contribution in [0.2, 0.25) is 0 Å². The molecule has 0 aliphatic carbocycles. The maximum absolute atomic E-state index is 11.8. The van der Waals surface area contributed by atoms with Gasteiger partial charge in [0.05, 0.1) is 6.04 Å². The number of rotatable bonds is 7. The highest BCUT2D eigenvalue weighted by molar-refractivity contribution is 5.82. The highest BCUT2D eigenvalue weighted by Gasteiger charge is 2.16. The van der Waals surface area contributed by atoms with Crippen LogP contribution in [0.1, 0.15) is 25.3 Å². The van der Waals surface area contributed by atoms with Crippen LogP contribution in [0.3, 0.4) is 0 Å². The predicted octanol–water partition coefficient (Wildman–Crippen LogP) is 0.632. The molecule has 1 rings (SSSR count). The molecular formula is C14H20N2O4. The number of aliphatic carboxylic acids is 1. The number of carboxylic acid groups (broad SMARTS) is 1. The van der Waals surface area contributed by atoms with Gasteiger partial charge in [-0.15, -0.1) is 0 Å². The fourth-order valence-corrected chi connectivity index (χ4v) is 1.74. The third-order valence-corrected chi connectivity index (χ3v) is 2.91. The molecule has 1 aromatic rings. The molecule has 0 fully saturated rings. The van der Waals surface area contributed by atoms with Gasteiger partial charge >= 0.3 is 5.97 Å². The van der Waals surface area contributed by atoms with Crippen molar-refractivity contribution < 1.29 is 19.8 Å². The molecule has 2 atom stereocenters. The number of aromatic hydroxyl groups is 1. The van der Waals surface area contributed by atoms with Gasteiger partial charge in [-0.05, 0) is 37.5 Å². The molecule has 5 N–H and O–H groups in total. The van der Waals surface area contributed by atoms with Gasteiger partial charge in [0.1, 0.15) is 5.75 Å². The molecule has 0 aliphatic heterocycles. The van der Waals surface area contributed by atoms with Crippen LogP contribution >= 0.6 is 0 Å². The van der Waals surface area contributed by atoms with Crippen molar-refractivity contribution >= 4 is 11.9 Å². The molecule has 0 saturated carbocycles. The molecule has 0 aromatic heterocycles. The van der Waals surface area contributed by atoms with Gasteiger partial charge in [0, 0.05) is 12.5 Å². The maximum Gasteiger partial charge on any atom is 0.303 e. The third-order valence-electron chi connectivity index (χ3n) is 2.91. The number of nitrogens with two attached hydrogens (primary N) is 1. The van der Waals surface area contributed by atoms with Crippen LogP contribution in [0.5, 0.6) is 5.75 Å². The van der Waals surface area contributed by atoms with E-state index in [2.05, 4.69) is 5.32 Å². The Kier molecular flexibility index (Phi) is 5.99. The summed E-state index contributed by atoms with van der Waals surface area (Å²) in [5.74, 6) is -1.04. The second-order valence-electron chi connectivity index (χ2n) is 4.82. The van der Waals surface area contributed by atoms with Gasteiger partial charge in [-0.1, -0.05) is 12.1 Å². The Labute approximate surface area is 117 Å². The minimum atomic E-state index is -0.889. The second-order valence-corrected chi connectivity index (χ2v) is 4.82. The first-order chi connectivity index (χ1) is 9.38. The largest absolute Gasteiger partial charge is 0.508 e. The maximum atomic E-state index is 11.8. The molecule has 20 heavy (non-hydrogen) atoms. The number of carboxylic acids is 1. The van der Waals surface area contributed by atoms with Crippen LogP contribution < -0.4 is 11.1 Å². The van der Waals surface area contributed by atoms with E-state index in [1.807, 2.05) is 0 Å². The predicted molar refractivity (Wildman–Crippen MR) is 74.3 cm³/mol. The zero-order valence-electron chi connectivity index (χ0n) is 11.4. The van der Waals surface area contributed by atoms with E-state index in [1.165, 1.54) is 12.1 Å². The van der Waals surface area contributed by atoms with Crippen molar-refractivity contribution in [1.29, 1.82) is 0 Å². The quantitative estimate of drug-likeness (QED) is 0.585. The fourth-order valence-electron chi connectivity index (χ4n) is 1.74. The lowest BCUT2D eigenvalue weighted by atomic mass is 10.1. The minimum Gasteiger partial charge on any atom is -0.508 e. The molecule has 1 aromatic carbocycles. The van der Waals surface area contributed by atoms with Crippen molar-refractivity contribution in [2.75, 3.05) is 0 Å². The average molecular weight is 280 g/mol. The number of benzene rings is 1. The van der Waals surface area contributed by atoms with E-state index in [4.69, 9.17) is 15.9 Å². The lowest BCUT2D eigenvalue weighted by Crippen LogP contribution is -2.45. The number of nitrogens with one attached hydrogen (secondary N) is 1. The molecule has 6 nitrogen and oxygen atoms in total. The number of carbonyl (C=O) groups excluding carboxylic acids is 1. The van der Waals surface area contributed by atoms with Crippen LogP contribution in [-0.2, 0) is 16.0 Å². The summed E-state index contributed by atoms with van der Waals surface area (Å²) in [5.41, 5.74) is 6.65. The van der Waals surface area contributed by atoms with Gasteiger partial charge in [-0.25, -0.2) is 0 Å². The summed E-state index contributed by atoms with van der Waals surface area (Å²) >= 11 is 0. The van der Waals surface area contributed by atoms with Gasteiger partial charge in [0.25, 0.3) is 0 Å². The summed E-state index contributed by atoms with van der Waals surface area (Å²) in [6.45, 7) is 1.74. The van der Waals surface area contributed by atoms with E-state index in [-0.39, 0.29) is 24.1 Å². The summed E-state index contributed by atoms with van der Waals surface area (Å²) < 4.78 is 0. The Morgan fingerprint density at radius 1 is 1.30 bits per heavy atom. The summed E-state index contributed by atoms with van der Waals surface area (Å²) in [4.78, 5) is 22.3. The molecule has 0 aliphatic rings. The van der Waals surface area contributed by atoms with Crippen molar-refractivity contribution in [3.63, 3.8) is 0 Å². The van der Waals surface area contributed by atoms with Gasteiger partial charge in [-0.3, -0.25) is 9.59 Å². The van der Waals surface area contributed by atoms with Crippen molar-refractivity contribution in [3.8, 4) is 5.75 Å². The van der Waals surface area contributed by atoms with Crippen LogP contribution in [0.4, 0.5) is 0 Å². The van der Waals surface area contributed by atoms with Crippen molar-refractivity contribution in [2.45, 2.75) is 38.3 Å². The van der Waals surface area contributed by atoms with Crippen molar-refractivity contribution in [1.82, 2.24) is 5.32 Å². The molecule has 0 bridgehead atoms. The number of carbonyl (C=O) groups is 2. The molecular weight excluding hydrogens is 260 g/mol. The Bertz CT molecular complexity index is 459. The van der Waals surface area contributed by atoms with Crippen LogP contribution in [-0.4, -0.2) is 34.2 Å². The molecule has 0 radical (unpaired) electrons. The van der Waals surface area contributed by atoms with E-state index < -0.39 is 12.0 Å². The van der Waals surface area contributed by atoms with E-state index in [1.54, 1.807) is 19.1 Å². The summed E-state index contributed by atoms with van der Waals surface area (Å²) in [6, 6.07) is 5.55. The highest BCUT2D eigenvalue weighted by atomic mass is 16.4. The molecule has 1 unspecified atom stereocenters. The number of phenolic OH excluding ortho intramolecular Hbond substituents is 1. The second kappa shape index (κ2) is 7.49. The number of hydrogen-bond acceptors (Lipinski definition) is 4. The fraction of sp³-hybridized carbons (Fsp3) is 0.429. The van der Waals surface area contributed by atoms with Gasteiger partial charge in [-0.2, -0.15) is 0 Å². The molecule has 6 heteroatoms. The van der Waals surface area contributed by atoms with Gasteiger partial charge < -0.3 is 21.3 Å². The molecule has 110 valence electrons. The molecule has 1 amide bonds. The van der Waals surface area contributed by atoms with E-state index in [9.17, 15) is 9.59 Å². The van der Waals surface area contributed by atoms with Crippen molar-refractivity contribution in [3.05, 3.63) is 29.8 Å². The van der Waals surface area contributed by atoms with Gasteiger partial charge in [0.15, 0.2) is 0 Å². The first-order valence-corrected chi connectivity index (χ1v) is 6.44. The van der Waals surface area contributed by atoms with E-state index in [0.29, 0.717) is 12.8 Å². The SMILES string of the molecule is CC(CCC(=O)O)NC(=O)[C@H](N)Cc1ccc(O)cc1. The first kappa shape index (κ1) is 16.0. The van der Waals surface area contributed by atoms with E-state index >= 15 is 0 Å². The monoisotopic (exact) mass is 280 g/mol. The Morgan fingerprint density at radius 3 is 2.45 bits per heavy atom. The topological polar surface area (TPSA) is 113 Å². The Hall–Kier alpha value is -2.08. The third kappa shape index (κ3) is 5.71. The summed E-state index contributed by atoms with van der Waals surface area (Å²) in [6.07, 6.45) is 0.736. The molecule has 0 saturated heterocycles. The number of amides is 1. The van der Waals surface area contributed by atoms with E-state index in [0.717, 1.165) is 5.56 Å².